The molecule has 6 nitrogen and oxygen atoms in total. The second-order valence-corrected chi connectivity index (χ2v) is 10.3. The SMILES string of the molecule is CC(C)(C)CC(=O)N[C@@H](Cc1ccccc1)C(=O)Nc1nnc(-c2ccc(Br)cc2)s1. The standard InChI is InChI=1S/C23H25BrN4O2S/c1-23(2,3)14-19(29)25-18(13-15-7-5-4-6-8-15)20(30)26-22-28-27-21(31-22)16-9-11-17(24)12-10-16/h4-12,18H,13-14H2,1-3H3,(H,25,29)(H,26,28,30)/t18-/m0/s1. The van der Waals surface area contributed by atoms with E-state index in [1.54, 1.807) is 0 Å². The summed E-state index contributed by atoms with van der Waals surface area (Å²) in [5.41, 5.74) is 1.71. The molecule has 8 heteroatoms. The Balaban J connectivity index is 1.73. The minimum Gasteiger partial charge on any atom is -0.344 e. The highest BCUT2D eigenvalue weighted by Gasteiger charge is 2.25. The summed E-state index contributed by atoms with van der Waals surface area (Å²) < 4.78 is 0.976. The largest absolute Gasteiger partial charge is 0.344 e. The molecule has 2 aromatic carbocycles. The van der Waals surface area contributed by atoms with Gasteiger partial charge in [-0.25, -0.2) is 0 Å². The fraction of sp³-hybridized carbons (Fsp3) is 0.304. The molecule has 162 valence electrons. The van der Waals surface area contributed by atoms with Crippen LogP contribution in [0.1, 0.15) is 32.8 Å². The van der Waals surface area contributed by atoms with E-state index in [1.165, 1.54) is 11.3 Å². The number of halogens is 1. The van der Waals surface area contributed by atoms with Gasteiger partial charge < -0.3 is 5.32 Å². The van der Waals surface area contributed by atoms with Crippen molar-refractivity contribution >= 4 is 44.2 Å². The number of carbonyl (C=O) groups is 2. The van der Waals surface area contributed by atoms with Crippen molar-refractivity contribution in [2.45, 2.75) is 39.7 Å². The number of hydrogen-bond acceptors (Lipinski definition) is 5. The molecule has 3 aromatic rings. The van der Waals surface area contributed by atoms with Crippen molar-refractivity contribution < 1.29 is 9.59 Å². The van der Waals surface area contributed by atoms with Gasteiger partial charge in [-0.05, 0) is 23.1 Å². The lowest BCUT2D eigenvalue weighted by atomic mass is 9.91. The van der Waals surface area contributed by atoms with Crippen LogP contribution >= 0.6 is 27.3 Å². The molecule has 0 aliphatic carbocycles. The van der Waals surface area contributed by atoms with E-state index in [0.717, 1.165) is 15.6 Å². The molecule has 0 spiro atoms. The van der Waals surface area contributed by atoms with E-state index in [9.17, 15) is 9.59 Å². The number of rotatable bonds is 7. The molecule has 0 bridgehead atoms. The van der Waals surface area contributed by atoms with Crippen LogP contribution in [-0.2, 0) is 16.0 Å². The van der Waals surface area contributed by atoms with Gasteiger partial charge in [-0.2, -0.15) is 0 Å². The molecule has 0 aliphatic heterocycles. The summed E-state index contributed by atoms with van der Waals surface area (Å²) >= 11 is 4.70. The van der Waals surface area contributed by atoms with Crippen molar-refractivity contribution in [3.8, 4) is 10.6 Å². The van der Waals surface area contributed by atoms with Crippen molar-refractivity contribution in [2.24, 2.45) is 5.41 Å². The first-order chi connectivity index (χ1) is 14.7. The fourth-order valence-electron chi connectivity index (χ4n) is 2.96. The highest BCUT2D eigenvalue weighted by atomic mass is 79.9. The number of anilines is 1. The number of aromatic nitrogens is 2. The predicted octanol–water partition coefficient (Wildman–Crippen LogP) is 5.07. The summed E-state index contributed by atoms with van der Waals surface area (Å²) in [7, 11) is 0. The van der Waals surface area contributed by atoms with E-state index in [4.69, 9.17) is 0 Å². The summed E-state index contributed by atoms with van der Waals surface area (Å²) in [5, 5.41) is 15.1. The quantitative estimate of drug-likeness (QED) is 0.474. The maximum atomic E-state index is 13.0. The Morgan fingerprint density at radius 1 is 1.03 bits per heavy atom. The van der Waals surface area contributed by atoms with Crippen LogP contribution in [-0.4, -0.2) is 28.1 Å². The van der Waals surface area contributed by atoms with E-state index >= 15 is 0 Å². The maximum Gasteiger partial charge on any atom is 0.249 e. The molecule has 0 saturated carbocycles. The predicted molar refractivity (Wildman–Crippen MR) is 128 cm³/mol. The first-order valence-electron chi connectivity index (χ1n) is 9.93. The lowest BCUT2D eigenvalue weighted by Crippen LogP contribution is -2.46. The van der Waals surface area contributed by atoms with Gasteiger partial charge in [0.15, 0.2) is 0 Å². The average molecular weight is 501 g/mol. The van der Waals surface area contributed by atoms with Crippen molar-refractivity contribution in [3.05, 3.63) is 64.6 Å². The molecule has 0 radical (unpaired) electrons. The number of nitrogens with one attached hydrogen (secondary N) is 2. The number of benzene rings is 2. The molecule has 2 N–H and O–H groups in total. The zero-order valence-corrected chi connectivity index (χ0v) is 20.1. The van der Waals surface area contributed by atoms with Gasteiger partial charge in [0, 0.05) is 22.9 Å². The maximum absolute atomic E-state index is 13.0. The average Bonchev–Trinajstić information content (AvgIpc) is 3.16. The summed E-state index contributed by atoms with van der Waals surface area (Å²) in [5.74, 6) is -0.471. The van der Waals surface area contributed by atoms with Crippen molar-refractivity contribution in [2.75, 3.05) is 5.32 Å². The zero-order valence-electron chi connectivity index (χ0n) is 17.7. The van der Waals surface area contributed by atoms with E-state index in [-0.39, 0.29) is 17.2 Å². The highest BCUT2D eigenvalue weighted by molar-refractivity contribution is 9.10. The number of amides is 2. The van der Waals surface area contributed by atoms with E-state index in [0.29, 0.717) is 23.0 Å². The lowest BCUT2D eigenvalue weighted by Gasteiger charge is -2.22. The second-order valence-electron chi connectivity index (χ2n) is 8.46. The van der Waals surface area contributed by atoms with Gasteiger partial charge >= 0.3 is 0 Å². The van der Waals surface area contributed by atoms with Crippen LogP contribution in [0.4, 0.5) is 5.13 Å². The summed E-state index contributed by atoms with van der Waals surface area (Å²) in [6.07, 6.45) is 0.721. The van der Waals surface area contributed by atoms with Gasteiger partial charge in [0.2, 0.25) is 16.9 Å². The van der Waals surface area contributed by atoms with Gasteiger partial charge in [0.1, 0.15) is 11.0 Å². The van der Waals surface area contributed by atoms with E-state index in [1.807, 2.05) is 75.4 Å². The van der Waals surface area contributed by atoms with Crippen molar-refractivity contribution in [1.29, 1.82) is 0 Å². The van der Waals surface area contributed by atoms with Crippen molar-refractivity contribution in [3.63, 3.8) is 0 Å². The van der Waals surface area contributed by atoms with Crippen molar-refractivity contribution in [1.82, 2.24) is 15.5 Å². The molecule has 31 heavy (non-hydrogen) atoms. The zero-order chi connectivity index (χ0) is 22.4. The molecule has 0 aliphatic rings. The van der Waals surface area contributed by atoms with Crippen LogP contribution < -0.4 is 10.6 Å². The van der Waals surface area contributed by atoms with Crippen LogP contribution in [0.15, 0.2) is 59.1 Å². The molecule has 1 aromatic heterocycles. The third-order valence-electron chi connectivity index (χ3n) is 4.37. The molecule has 1 heterocycles. The molecular weight excluding hydrogens is 476 g/mol. The third kappa shape index (κ3) is 7.25. The molecular formula is C23H25BrN4O2S. The second kappa shape index (κ2) is 10.2. The Bertz CT molecular complexity index is 1030. The summed E-state index contributed by atoms with van der Waals surface area (Å²) in [6.45, 7) is 5.97. The minimum atomic E-state index is -0.711. The molecule has 3 rings (SSSR count). The first kappa shape index (κ1) is 23.1. The Kier molecular flexibility index (Phi) is 7.56. The Hall–Kier alpha value is -2.58. The lowest BCUT2D eigenvalue weighted by molar-refractivity contribution is -0.127. The highest BCUT2D eigenvalue weighted by Crippen LogP contribution is 2.27. The minimum absolute atomic E-state index is 0.156. The topological polar surface area (TPSA) is 84.0 Å². The first-order valence-corrected chi connectivity index (χ1v) is 11.5. The monoisotopic (exact) mass is 500 g/mol. The Morgan fingerprint density at radius 3 is 2.35 bits per heavy atom. The van der Waals surface area contributed by atoms with Crippen LogP contribution in [0.3, 0.4) is 0 Å². The van der Waals surface area contributed by atoms with Gasteiger partial charge in [0.05, 0.1) is 0 Å². The van der Waals surface area contributed by atoms with E-state index in [2.05, 4.69) is 36.8 Å². The fourth-order valence-corrected chi connectivity index (χ4v) is 3.98. The Labute approximate surface area is 194 Å². The van der Waals surface area contributed by atoms with Gasteiger partial charge in [-0.15, -0.1) is 10.2 Å². The van der Waals surface area contributed by atoms with Gasteiger partial charge in [0.25, 0.3) is 0 Å². The molecule has 0 fully saturated rings. The Morgan fingerprint density at radius 2 is 1.71 bits per heavy atom. The molecule has 2 amide bonds. The number of carbonyl (C=O) groups excluding carboxylic acids is 2. The van der Waals surface area contributed by atoms with Gasteiger partial charge in [-0.1, -0.05) is 90.5 Å². The van der Waals surface area contributed by atoms with Crippen LogP contribution in [0.5, 0.6) is 0 Å². The van der Waals surface area contributed by atoms with Crippen LogP contribution in [0.25, 0.3) is 10.6 Å². The van der Waals surface area contributed by atoms with E-state index < -0.39 is 6.04 Å². The smallest absolute Gasteiger partial charge is 0.249 e. The summed E-state index contributed by atoms with van der Waals surface area (Å²) in [4.78, 5) is 25.5. The number of nitrogens with zero attached hydrogens (tertiary/aromatic N) is 2. The summed E-state index contributed by atoms with van der Waals surface area (Å²) in [6, 6.07) is 16.6. The third-order valence-corrected chi connectivity index (χ3v) is 5.79. The van der Waals surface area contributed by atoms with Crippen LogP contribution in [0, 0.1) is 5.41 Å². The number of hydrogen-bond donors (Lipinski definition) is 2. The van der Waals surface area contributed by atoms with Gasteiger partial charge in [-0.3, -0.25) is 14.9 Å². The van der Waals surface area contributed by atoms with Crippen LogP contribution in [0.2, 0.25) is 0 Å². The normalized spacial score (nSPS) is 12.3. The molecule has 0 unspecified atom stereocenters. The molecule has 0 saturated heterocycles. The molecule has 1 atom stereocenters.